The highest BCUT2D eigenvalue weighted by atomic mass is 32.2. The summed E-state index contributed by atoms with van der Waals surface area (Å²) in [5.41, 5.74) is 0.519. The van der Waals surface area contributed by atoms with Gasteiger partial charge in [0.05, 0.1) is 10.6 Å². The van der Waals surface area contributed by atoms with E-state index in [1.807, 2.05) is 12.1 Å². The molecule has 1 aromatic carbocycles. The van der Waals surface area contributed by atoms with Crippen LogP contribution < -0.4 is 10.3 Å². The number of amides is 1. The van der Waals surface area contributed by atoms with Crippen molar-refractivity contribution in [3.63, 3.8) is 0 Å². The molecule has 134 valence electrons. The number of benzene rings is 1. The molecular weight excluding hydrogens is 392 g/mol. The topological polar surface area (TPSA) is 104 Å². The van der Waals surface area contributed by atoms with Crippen LogP contribution in [0.2, 0.25) is 0 Å². The van der Waals surface area contributed by atoms with Crippen LogP contribution in [-0.4, -0.2) is 25.1 Å². The van der Waals surface area contributed by atoms with Crippen LogP contribution in [0.25, 0.3) is 4.72 Å². The number of nitrogens with zero attached hydrogens (tertiary/aromatic N) is 2. The molecule has 0 radical (unpaired) electrons. The zero-order valence-electron chi connectivity index (χ0n) is 13.3. The number of carbonyl (C=O) groups excluding carboxylic acids is 1. The summed E-state index contributed by atoms with van der Waals surface area (Å²) in [4.78, 5) is 19.8. The lowest BCUT2D eigenvalue weighted by molar-refractivity contribution is -0.378. The van der Waals surface area contributed by atoms with Gasteiger partial charge in [-0.2, -0.15) is 11.3 Å². The molecule has 2 heterocycles. The maximum absolute atomic E-state index is 12.2. The van der Waals surface area contributed by atoms with Crippen LogP contribution in [0.4, 0.5) is 10.8 Å². The van der Waals surface area contributed by atoms with E-state index >= 15 is 0 Å². The van der Waals surface area contributed by atoms with E-state index in [0.29, 0.717) is 5.69 Å². The molecule has 0 atom stereocenters. The Labute approximate surface area is 159 Å². The van der Waals surface area contributed by atoms with Crippen LogP contribution in [0.15, 0.2) is 70.2 Å². The smallest absolute Gasteiger partial charge is 0.234 e. The highest BCUT2D eigenvalue weighted by Gasteiger charge is 2.11. The van der Waals surface area contributed by atoms with Gasteiger partial charge in [-0.05, 0) is 29.6 Å². The van der Waals surface area contributed by atoms with Gasteiger partial charge in [-0.3, -0.25) is 4.79 Å². The number of carbonyl (C=O) groups is 1. The van der Waals surface area contributed by atoms with Crippen molar-refractivity contribution in [2.24, 2.45) is 0 Å². The maximum Gasteiger partial charge on any atom is 0.234 e. The Hall–Kier alpha value is -2.43. The molecule has 3 rings (SSSR count). The van der Waals surface area contributed by atoms with E-state index < -0.39 is 10.0 Å². The van der Waals surface area contributed by atoms with Crippen molar-refractivity contribution in [2.45, 2.75) is 9.79 Å². The molecule has 0 bridgehead atoms. The van der Waals surface area contributed by atoms with Crippen molar-refractivity contribution in [1.82, 2.24) is 4.98 Å². The van der Waals surface area contributed by atoms with E-state index in [4.69, 9.17) is 0 Å². The number of aromatic nitrogens is 2. The maximum atomic E-state index is 12.2. The number of H-pyrrole nitrogens is 1. The van der Waals surface area contributed by atoms with Crippen molar-refractivity contribution in [2.75, 3.05) is 11.1 Å². The van der Waals surface area contributed by atoms with Crippen LogP contribution in [0, 0.1) is 0 Å². The zero-order chi connectivity index (χ0) is 18.4. The quantitative estimate of drug-likeness (QED) is 0.607. The van der Waals surface area contributed by atoms with Crippen molar-refractivity contribution in [3.8, 4) is 0 Å². The predicted octanol–water partition coefficient (Wildman–Crippen LogP) is 3.08. The molecule has 26 heavy (non-hydrogen) atoms. The fourth-order valence-corrected chi connectivity index (χ4v) is 4.31. The van der Waals surface area contributed by atoms with Crippen molar-refractivity contribution in [1.29, 1.82) is 0 Å². The van der Waals surface area contributed by atoms with E-state index in [0.717, 1.165) is 16.2 Å². The third kappa shape index (κ3) is 5.04. The number of thiazole rings is 1. The second-order valence-electron chi connectivity index (χ2n) is 4.98. The normalized spacial score (nSPS) is 11.1. The number of anilines is 1. The fraction of sp³-hybridized carbons (Fsp3) is 0.0625. The first-order chi connectivity index (χ1) is 12.5. The molecule has 0 unspecified atom stereocenters. The van der Waals surface area contributed by atoms with Gasteiger partial charge in [0, 0.05) is 27.8 Å². The molecule has 0 aliphatic carbocycles. The summed E-state index contributed by atoms with van der Waals surface area (Å²) in [6, 6.07) is 9.63. The Morgan fingerprint density at radius 2 is 1.92 bits per heavy atom. The number of sulfonamides is 1. The number of hydrogen-bond donors (Lipinski definition) is 1. The summed E-state index contributed by atoms with van der Waals surface area (Å²) in [5.74, 6) is 0.0783. The van der Waals surface area contributed by atoms with Crippen molar-refractivity contribution in [3.05, 3.63) is 65.1 Å². The Balaban J connectivity index is 1.58. The van der Waals surface area contributed by atoms with E-state index in [1.165, 1.54) is 42.2 Å². The molecular formula is C16H14N4O3S3. The van der Waals surface area contributed by atoms with E-state index in [1.54, 1.807) is 17.8 Å². The van der Waals surface area contributed by atoms with Gasteiger partial charge >= 0.3 is 0 Å². The molecule has 0 fully saturated rings. The number of thioether (sulfide) groups is 1. The van der Waals surface area contributed by atoms with Gasteiger partial charge in [-0.25, -0.2) is 13.4 Å². The number of aromatic amines is 1. The lowest BCUT2D eigenvalue weighted by Gasteiger charge is -2.12. The molecule has 1 amide bonds. The summed E-state index contributed by atoms with van der Waals surface area (Å²) in [7, 11) is -3.82. The third-order valence-corrected chi connectivity index (χ3v) is 6.19. The molecule has 10 heteroatoms. The van der Waals surface area contributed by atoms with Gasteiger partial charge in [0.25, 0.3) is 0 Å². The van der Waals surface area contributed by atoms with Crippen LogP contribution >= 0.6 is 23.1 Å². The Morgan fingerprint density at radius 3 is 2.58 bits per heavy atom. The molecule has 0 saturated carbocycles. The van der Waals surface area contributed by atoms with Gasteiger partial charge in [-0.1, -0.05) is 6.20 Å². The molecule has 2 aromatic heterocycles. The summed E-state index contributed by atoms with van der Waals surface area (Å²) in [6.07, 6.45) is 5.07. The molecule has 2 N–H and O–H groups in total. The number of hydrogen-bond acceptors (Lipinski definition) is 6. The number of rotatable bonds is 7. The molecule has 3 aromatic rings. The van der Waals surface area contributed by atoms with Crippen LogP contribution in [0.3, 0.4) is 0 Å². The fourth-order valence-electron chi connectivity index (χ4n) is 1.94. The van der Waals surface area contributed by atoms with Crippen LogP contribution in [-0.2, 0) is 14.8 Å². The first-order valence-electron chi connectivity index (χ1n) is 7.39. The lowest BCUT2D eigenvalue weighted by atomic mass is 10.3. The van der Waals surface area contributed by atoms with Crippen LogP contribution in [0.5, 0.6) is 0 Å². The van der Waals surface area contributed by atoms with Crippen molar-refractivity contribution < 1.29 is 18.2 Å². The Kier molecular flexibility index (Phi) is 5.86. The van der Waals surface area contributed by atoms with Gasteiger partial charge in [0.1, 0.15) is 0 Å². The highest BCUT2D eigenvalue weighted by Crippen LogP contribution is 2.29. The third-order valence-electron chi connectivity index (χ3n) is 3.11. The first-order valence-corrected chi connectivity index (χ1v) is 10.7. The van der Waals surface area contributed by atoms with Gasteiger partial charge in [0.2, 0.25) is 15.9 Å². The van der Waals surface area contributed by atoms with E-state index in [9.17, 15) is 13.2 Å². The second kappa shape index (κ2) is 8.30. The molecule has 0 saturated heterocycles. The summed E-state index contributed by atoms with van der Waals surface area (Å²) < 4.78 is 28.1. The lowest BCUT2D eigenvalue weighted by Crippen LogP contribution is -2.14. The summed E-state index contributed by atoms with van der Waals surface area (Å²) >= 11 is 2.55. The average molecular weight is 407 g/mol. The van der Waals surface area contributed by atoms with Gasteiger partial charge in [0.15, 0.2) is 12.4 Å². The summed E-state index contributed by atoms with van der Waals surface area (Å²) in [5, 5.41) is 4.56. The minimum Gasteiger partial charge on any atom is -0.433 e. The molecule has 0 aliphatic rings. The standard InChI is InChI=1S/C16H14N4O3S3/c21-15(11-25-13-5-7-17-8-6-13)19-12-1-3-14(4-2-12)26(22,23)20-16-18-9-10-24-16/h1-10H,11H2,(H2,18,19,20,21). The molecule has 7 nitrogen and oxygen atoms in total. The monoisotopic (exact) mass is 406 g/mol. The Morgan fingerprint density at radius 1 is 1.19 bits per heavy atom. The highest BCUT2D eigenvalue weighted by molar-refractivity contribution is 8.00. The Bertz CT molecular complexity index is 960. The minimum atomic E-state index is -3.82. The molecule has 0 spiro atoms. The summed E-state index contributed by atoms with van der Waals surface area (Å²) in [6.45, 7) is 0. The molecule has 0 aliphatic heterocycles. The van der Waals surface area contributed by atoms with Gasteiger partial charge in [-0.15, -0.1) is 11.8 Å². The second-order valence-corrected chi connectivity index (χ2v) is 8.50. The van der Waals surface area contributed by atoms with Crippen molar-refractivity contribution >= 4 is 49.8 Å². The van der Waals surface area contributed by atoms with E-state index in [-0.39, 0.29) is 21.7 Å². The SMILES string of the molecule is O=C(CSc1cc[nH+]cc1)Nc1ccc(S(=O)(=O)[N-]c2nccs2)cc1. The first kappa shape index (κ1) is 18.4. The van der Waals surface area contributed by atoms with Gasteiger partial charge < -0.3 is 15.0 Å². The number of nitrogens with one attached hydrogen (secondary N) is 2. The zero-order valence-corrected chi connectivity index (χ0v) is 15.8. The minimum absolute atomic E-state index is 0.0422. The number of pyridine rings is 1. The van der Waals surface area contributed by atoms with Crippen LogP contribution in [0.1, 0.15) is 0 Å². The largest absolute Gasteiger partial charge is 0.433 e. The predicted molar refractivity (Wildman–Crippen MR) is 101 cm³/mol. The van der Waals surface area contributed by atoms with E-state index in [2.05, 4.69) is 20.0 Å². The average Bonchev–Trinajstić information content (AvgIpc) is 3.14.